The average molecular weight is 193 g/mol. The molecule has 0 fully saturated rings. The van der Waals surface area contributed by atoms with Crippen molar-refractivity contribution in [3.05, 3.63) is 18.2 Å². The fourth-order valence-corrected chi connectivity index (χ4v) is 1.21. The van der Waals surface area contributed by atoms with E-state index in [4.69, 9.17) is 9.84 Å². The Morgan fingerprint density at radius 1 is 1.43 bits per heavy atom. The molecule has 1 aromatic heterocycles. The van der Waals surface area contributed by atoms with Gasteiger partial charge in [-0.1, -0.05) is 11.3 Å². The number of aromatic nitrogens is 3. The first-order chi connectivity index (χ1) is 6.92. The molecule has 5 nitrogen and oxygen atoms in total. The minimum absolute atomic E-state index is 0.134. The van der Waals surface area contributed by atoms with Crippen LogP contribution < -0.4 is 4.74 Å². The molecule has 5 heteroatoms. The number of ether oxygens (including phenoxy) is 1. The van der Waals surface area contributed by atoms with E-state index in [9.17, 15) is 0 Å². The van der Waals surface area contributed by atoms with Gasteiger partial charge in [0.2, 0.25) is 0 Å². The number of aliphatic hydroxyl groups excluding tert-OH is 1. The molecule has 0 saturated heterocycles. The molecule has 0 radical (unpaired) electrons. The molecule has 74 valence electrons. The maximum absolute atomic E-state index is 8.60. The van der Waals surface area contributed by atoms with Gasteiger partial charge in [-0.15, -0.1) is 5.10 Å². The smallest absolute Gasteiger partial charge is 0.154 e. The van der Waals surface area contributed by atoms with Gasteiger partial charge in [-0.05, 0) is 12.1 Å². The number of hydrogen-bond acceptors (Lipinski definition) is 4. The van der Waals surface area contributed by atoms with Crippen molar-refractivity contribution in [1.82, 2.24) is 15.4 Å². The molecule has 2 N–H and O–H groups in total. The number of benzene rings is 1. The normalized spacial score (nSPS) is 10.6. The van der Waals surface area contributed by atoms with E-state index in [0.29, 0.717) is 18.8 Å². The van der Waals surface area contributed by atoms with E-state index in [1.807, 2.05) is 18.2 Å². The fourth-order valence-electron chi connectivity index (χ4n) is 1.21. The maximum atomic E-state index is 8.60. The summed E-state index contributed by atoms with van der Waals surface area (Å²) >= 11 is 0. The van der Waals surface area contributed by atoms with Crippen molar-refractivity contribution in [1.29, 1.82) is 0 Å². The van der Waals surface area contributed by atoms with Gasteiger partial charge >= 0.3 is 0 Å². The van der Waals surface area contributed by atoms with Crippen LogP contribution in [0.2, 0.25) is 0 Å². The molecule has 0 unspecified atom stereocenters. The van der Waals surface area contributed by atoms with Crippen molar-refractivity contribution < 1.29 is 9.84 Å². The Morgan fingerprint density at radius 2 is 2.36 bits per heavy atom. The van der Waals surface area contributed by atoms with Gasteiger partial charge in [0, 0.05) is 13.0 Å². The molecule has 2 aromatic rings. The van der Waals surface area contributed by atoms with Gasteiger partial charge in [0.05, 0.1) is 12.1 Å². The Morgan fingerprint density at radius 3 is 3.21 bits per heavy atom. The number of H-pyrrole nitrogens is 1. The zero-order valence-electron chi connectivity index (χ0n) is 7.60. The molecule has 1 heterocycles. The van der Waals surface area contributed by atoms with Crippen molar-refractivity contribution >= 4 is 11.0 Å². The average Bonchev–Trinajstić information content (AvgIpc) is 2.67. The molecule has 0 aliphatic carbocycles. The first-order valence-electron chi connectivity index (χ1n) is 4.45. The van der Waals surface area contributed by atoms with E-state index in [-0.39, 0.29) is 6.61 Å². The second kappa shape index (κ2) is 4.06. The summed E-state index contributed by atoms with van der Waals surface area (Å²) in [5, 5.41) is 19.0. The van der Waals surface area contributed by atoms with Crippen molar-refractivity contribution in [2.75, 3.05) is 13.2 Å². The van der Waals surface area contributed by atoms with Crippen LogP contribution >= 0.6 is 0 Å². The minimum atomic E-state index is 0.134. The van der Waals surface area contributed by atoms with E-state index in [2.05, 4.69) is 15.4 Å². The highest BCUT2D eigenvalue weighted by Crippen LogP contribution is 2.21. The van der Waals surface area contributed by atoms with Gasteiger partial charge in [0.15, 0.2) is 5.52 Å². The highest BCUT2D eigenvalue weighted by atomic mass is 16.5. The third kappa shape index (κ3) is 1.67. The highest BCUT2D eigenvalue weighted by Gasteiger charge is 2.04. The van der Waals surface area contributed by atoms with Gasteiger partial charge in [0.25, 0.3) is 0 Å². The Hall–Kier alpha value is -1.62. The Labute approximate surface area is 80.7 Å². The van der Waals surface area contributed by atoms with Crippen LogP contribution in [-0.4, -0.2) is 33.7 Å². The summed E-state index contributed by atoms with van der Waals surface area (Å²) in [5.74, 6) is 0.699. The quantitative estimate of drug-likeness (QED) is 0.702. The molecule has 0 atom stereocenters. The summed E-state index contributed by atoms with van der Waals surface area (Å²) in [7, 11) is 0. The number of rotatable bonds is 4. The summed E-state index contributed by atoms with van der Waals surface area (Å²) in [6, 6.07) is 5.59. The lowest BCUT2D eigenvalue weighted by atomic mass is 10.3. The summed E-state index contributed by atoms with van der Waals surface area (Å²) in [4.78, 5) is 0. The molecule has 0 saturated carbocycles. The standard InChI is InChI=1S/C9H11N3O2/c13-5-2-6-14-8-4-1-3-7-9(8)11-12-10-7/h1,3-4,13H,2,5-6H2,(H,10,11,12). The summed E-state index contributed by atoms with van der Waals surface area (Å²) < 4.78 is 5.44. The Balaban J connectivity index is 2.19. The third-order valence-electron chi connectivity index (χ3n) is 1.88. The second-order valence-corrected chi connectivity index (χ2v) is 2.89. The number of fused-ring (bicyclic) bond motifs is 1. The van der Waals surface area contributed by atoms with Gasteiger partial charge < -0.3 is 9.84 Å². The molecular weight excluding hydrogens is 182 g/mol. The van der Waals surface area contributed by atoms with Crippen molar-refractivity contribution in [2.24, 2.45) is 0 Å². The molecule has 0 amide bonds. The number of aliphatic hydroxyl groups is 1. The van der Waals surface area contributed by atoms with Gasteiger partial charge in [-0.3, -0.25) is 5.10 Å². The summed E-state index contributed by atoms with van der Waals surface area (Å²) in [6.45, 7) is 0.622. The molecule has 0 aliphatic rings. The van der Waals surface area contributed by atoms with E-state index in [0.717, 1.165) is 11.0 Å². The van der Waals surface area contributed by atoms with Gasteiger partial charge in [0.1, 0.15) is 5.75 Å². The summed E-state index contributed by atoms with van der Waals surface area (Å²) in [5.41, 5.74) is 1.58. The van der Waals surface area contributed by atoms with Crippen LogP contribution in [0.25, 0.3) is 11.0 Å². The lowest BCUT2D eigenvalue weighted by molar-refractivity contribution is 0.234. The van der Waals surface area contributed by atoms with Crippen molar-refractivity contribution in [3.63, 3.8) is 0 Å². The van der Waals surface area contributed by atoms with Crippen LogP contribution in [0, 0.1) is 0 Å². The van der Waals surface area contributed by atoms with Gasteiger partial charge in [-0.25, -0.2) is 0 Å². The topological polar surface area (TPSA) is 71.0 Å². The zero-order chi connectivity index (χ0) is 9.80. The molecule has 1 aromatic carbocycles. The maximum Gasteiger partial charge on any atom is 0.154 e. The second-order valence-electron chi connectivity index (χ2n) is 2.89. The number of aromatic amines is 1. The number of nitrogens with one attached hydrogen (secondary N) is 1. The SMILES string of the molecule is OCCCOc1cccc2[nH]nnc12. The van der Waals surface area contributed by atoms with E-state index in [1.165, 1.54) is 0 Å². The predicted molar refractivity (Wildman–Crippen MR) is 51.1 cm³/mol. The number of hydrogen-bond donors (Lipinski definition) is 2. The lowest BCUT2D eigenvalue weighted by Crippen LogP contribution is -1.99. The predicted octanol–water partition coefficient (Wildman–Crippen LogP) is 0.719. The van der Waals surface area contributed by atoms with Crippen molar-refractivity contribution in [2.45, 2.75) is 6.42 Å². The van der Waals surface area contributed by atoms with Crippen LogP contribution in [-0.2, 0) is 0 Å². The highest BCUT2D eigenvalue weighted by molar-refractivity contribution is 5.80. The Kier molecular flexibility index (Phi) is 2.60. The molecule has 0 aliphatic heterocycles. The van der Waals surface area contributed by atoms with Crippen LogP contribution in [0.15, 0.2) is 18.2 Å². The molecule has 0 bridgehead atoms. The number of nitrogens with zero attached hydrogens (tertiary/aromatic N) is 2. The lowest BCUT2D eigenvalue weighted by Gasteiger charge is -2.04. The molecule has 0 spiro atoms. The van der Waals surface area contributed by atoms with E-state index in [1.54, 1.807) is 0 Å². The third-order valence-corrected chi connectivity index (χ3v) is 1.88. The Bertz CT molecular complexity index is 413. The summed E-state index contributed by atoms with van der Waals surface area (Å²) in [6.07, 6.45) is 0.619. The zero-order valence-corrected chi connectivity index (χ0v) is 7.60. The van der Waals surface area contributed by atoms with Crippen LogP contribution in [0.5, 0.6) is 5.75 Å². The van der Waals surface area contributed by atoms with E-state index < -0.39 is 0 Å². The van der Waals surface area contributed by atoms with Crippen LogP contribution in [0.3, 0.4) is 0 Å². The monoisotopic (exact) mass is 193 g/mol. The first kappa shape index (κ1) is 8.96. The van der Waals surface area contributed by atoms with E-state index >= 15 is 0 Å². The van der Waals surface area contributed by atoms with Gasteiger partial charge in [-0.2, -0.15) is 0 Å². The largest absolute Gasteiger partial charge is 0.491 e. The fraction of sp³-hybridized carbons (Fsp3) is 0.333. The van der Waals surface area contributed by atoms with Crippen LogP contribution in [0.4, 0.5) is 0 Å². The minimum Gasteiger partial charge on any atom is -0.491 e. The molecule has 14 heavy (non-hydrogen) atoms. The van der Waals surface area contributed by atoms with Crippen molar-refractivity contribution in [3.8, 4) is 5.75 Å². The molecular formula is C9H11N3O2. The van der Waals surface area contributed by atoms with Crippen LogP contribution in [0.1, 0.15) is 6.42 Å². The molecule has 2 rings (SSSR count). The first-order valence-corrected chi connectivity index (χ1v) is 4.45.